The Balaban J connectivity index is 1.55. The van der Waals surface area contributed by atoms with Crippen molar-refractivity contribution in [3.8, 4) is 17.2 Å². The third kappa shape index (κ3) is 6.42. The van der Waals surface area contributed by atoms with Crippen molar-refractivity contribution in [2.75, 3.05) is 30.8 Å². The molecule has 0 fully saturated rings. The number of hydrogen-bond donors (Lipinski definition) is 2. The van der Waals surface area contributed by atoms with Crippen LogP contribution in [0.15, 0.2) is 59.2 Å². The van der Waals surface area contributed by atoms with Crippen molar-refractivity contribution in [3.63, 3.8) is 0 Å². The fourth-order valence-electron chi connectivity index (χ4n) is 3.00. The Morgan fingerprint density at radius 1 is 1.03 bits per heavy atom. The van der Waals surface area contributed by atoms with Crippen LogP contribution in [0.25, 0.3) is 11.5 Å². The van der Waals surface area contributed by atoms with E-state index in [0.29, 0.717) is 30.4 Å². The summed E-state index contributed by atoms with van der Waals surface area (Å²) < 4.78 is 10.8. The van der Waals surface area contributed by atoms with E-state index in [1.165, 1.54) is 6.92 Å². The van der Waals surface area contributed by atoms with Gasteiger partial charge in [-0.2, -0.15) is 0 Å². The summed E-state index contributed by atoms with van der Waals surface area (Å²) in [7, 11) is 1.62. The predicted molar refractivity (Wildman–Crippen MR) is 119 cm³/mol. The van der Waals surface area contributed by atoms with Crippen molar-refractivity contribution in [1.82, 2.24) is 9.88 Å². The number of likely N-dealkylation sites (N-methyl/N-ethyl adjacent to an activating group) is 1. The van der Waals surface area contributed by atoms with Gasteiger partial charge in [-0.3, -0.25) is 14.5 Å². The van der Waals surface area contributed by atoms with E-state index < -0.39 is 0 Å². The monoisotopic (exact) mass is 422 g/mol. The minimum absolute atomic E-state index is 0.131. The molecule has 0 spiro atoms. The average molecular weight is 422 g/mol. The first-order valence-electron chi connectivity index (χ1n) is 9.95. The zero-order valence-corrected chi connectivity index (χ0v) is 17.8. The third-order valence-corrected chi connectivity index (χ3v) is 4.58. The van der Waals surface area contributed by atoms with Gasteiger partial charge in [0, 0.05) is 30.4 Å². The minimum Gasteiger partial charge on any atom is -0.497 e. The second-order valence-electron chi connectivity index (χ2n) is 6.98. The van der Waals surface area contributed by atoms with Gasteiger partial charge in [0.15, 0.2) is 0 Å². The molecule has 8 nitrogen and oxygen atoms in total. The maximum Gasteiger partial charge on any atom is 0.238 e. The molecule has 0 saturated carbocycles. The van der Waals surface area contributed by atoms with Gasteiger partial charge in [-0.15, -0.1) is 0 Å². The molecule has 0 atom stereocenters. The van der Waals surface area contributed by atoms with Crippen molar-refractivity contribution >= 4 is 23.2 Å². The van der Waals surface area contributed by atoms with Crippen LogP contribution >= 0.6 is 0 Å². The summed E-state index contributed by atoms with van der Waals surface area (Å²) in [5, 5.41) is 5.56. The number of rotatable bonds is 9. The van der Waals surface area contributed by atoms with Crippen molar-refractivity contribution in [2.24, 2.45) is 0 Å². The number of oxazole rings is 1. The quantitative estimate of drug-likeness (QED) is 0.545. The van der Waals surface area contributed by atoms with Crippen molar-refractivity contribution < 1.29 is 18.7 Å². The fraction of sp³-hybridized carbons (Fsp3) is 0.261. The smallest absolute Gasteiger partial charge is 0.238 e. The topological polar surface area (TPSA) is 96.7 Å². The molecule has 0 aliphatic rings. The van der Waals surface area contributed by atoms with E-state index in [2.05, 4.69) is 15.6 Å². The van der Waals surface area contributed by atoms with Crippen LogP contribution in [0.3, 0.4) is 0 Å². The highest BCUT2D eigenvalue weighted by atomic mass is 16.5. The van der Waals surface area contributed by atoms with Crippen LogP contribution in [0.1, 0.15) is 19.5 Å². The summed E-state index contributed by atoms with van der Waals surface area (Å²) in [6.07, 6.45) is 1.61. The van der Waals surface area contributed by atoms with Gasteiger partial charge in [-0.05, 0) is 55.1 Å². The highest BCUT2D eigenvalue weighted by Crippen LogP contribution is 2.22. The summed E-state index contributed by atoms with van der Waals surface area (Å²) in [5.74, 6) is 1.02. The fourth-order valence-corrected chi connectivity index (χ4v) is 3.00. The molecule has 0 bridgehead atoms. The van der Waals surface area contributed by atoms with Crippen LogP contribution in [0.2, 0.25) is 0 Å². The third-order valence-electron chi connectivity index (χ3n) is 4.58. The molecule has 0 saturated heterocycles. The number of anilines is 2. The molecular formula is C23H26N4O4. The number of amides is 2. The molecule has 1 aromatic heterocycles. The van der Waals surface area contributed by atoms with Crippen molar-refractivity contribution in [2.45, 2.75) is 20.4 Å². The highest BCUT2D eigenvalue weighted by Gasteiger charge is 2.14. The largest absolute Gasteiger partial charge is 0.497 e. The number of ether oxygens (including phenoxy) is 1. The number of methoxy groups -OCH3 is 1. The maximum absolute atomic E-state index is 12.4. The Morgan fingerprint density at radius 2 is 1.68 bits per heavy atom. The Hall–Kier alpha value is -3.65. The van der Waals surface area contributed by atoms with Crippen molar-refractivity contribution in [1.29, 1.82) is 0 Å². The molecule has 0 unspecified atom stereocenters. The van der Waals surface area contributed by atoms with Crippen LogP contribution in [0.4, 0.5) is 11.4 Å². The molecule has 8 heteroatoms. The number of aromatic nitrogens is 1. The zero-order chi connectivity index (χ0) is 22.2. The lowest BCUT2D eigenvalue weighted by Gasteiger charge is -2.18. The molecule has 2 N–H and O–H groups in total. The Morgan fingerprint density at radius 3 is 2.26 bits per heavy atom. The Labute approximate surface area is 181 Å². The number of hydrogen-bond acceptors (Lipinski definition) is 6. The van der Waals surface area contributed by atoms with Gasteiger partial charge >= 0.3 is 0 Å². The highest BCUT2D eigenvalue weighted by molar-refractivity contribution is 5.93. The summed E-state index contributed by atoms with van der Waals surface area (Å²) in [6, 6.07) is 14.5. The van der Waals surface area contributed by atoms with Crippen molar-refractivity contribution in [3.05, 3.63) is 60.5 Å². The molecule has 2 amide bonds. The normalized spacial score (nSPS) is 10.7. The molecule has 3 rings (SSSR count). The zero-order valence-electron chi connectivity index (χ0n) is 17.8. The maximum atomic E-state index is 12.4. The first kappa shape index (κ1) is 22.0. The minimum atomic E-state index is -0.140. The Kier molecular flexibility index (Phi) is 7.40. The van der Waals surface area contributed by atoms with Gasteiger partial charge in [-0.25, -0.2) is 4.98 Å². The van der Waals surface area contributed by atoms with Crippen LogP contribution in [0, 0.1) is 0 Å². The van der Waals surface area contributed by atoms with E-state index in [0.717, 1.165) is 17.0 Å². The molecule has 2 aromatic carbocycles. The standard InChI is InChI=1S/C23H26N4O4/c1-4-27(14-22(29)25-19-9-7-18(8-10-19)24-16(2)28)13-20-15-31-23(26-20)17-5-11-21(30-3)12-6-17/h5-12,15H,4,13-14H2,1-3H3,(H,24,28)(H,25,29). The van der Waals surface area contributed by atoms with E-state index in [9.17, 15) is 9.59 Å². The molecule has 31 heavy (non-hydrogen) atoms. The first-order chi connectivity index (χ1) is 15.0. The number of nitrogens with one attached hydrogen (secondary N) is 2. The molecule has 162 valence electrons. The van der Waals surface area contributed by atoms with Gasteiger partial charge in [0.1, 0.15) is 12.0 Å². The molecule has 0 radical (unpaired) electrons. The summed E-state index contributed by atoms with van der Waals surface area (Å²) in [5.41, 5.74) is 2.95. The lowest BCUT2D eigenvalue weighted by Crippen LogP contribution is -2.32. The lowest BCUT2D eigenvalue weighted by atomic mass is 10.2. The van der Waals surface area contributed by atoms with E-state index in [1.807, 2.05) is 36.1 Å². The lowest BCUT2D eigenvalue weighted by molar-refractivity contribution is -0.117. The number of carbonyl (C=O) groups is 2. The number of nitrogens with zero attached hydrogens (tertiary/aromatic N) is 2. The SMILES string of the molecule is CCN(CC(=O)Nc1ccc(NC(C)=O)cc1)Cc1coc(-c2ccc(OC)cc2)n1. The average Bonchev–Trinajstić information content (AvgIpc) is 3.23. The van der Waals surface area contributed by atoms with Gasteiger partial charge in [0.2, 0.25) is 17.7 Å². The molecule has 0 aliphatic heterocycles. The van der Waals surface area contributed by atoms with E-state index >= 15 is 0 Å². The Bertz CT molecular complexity index is 1010. The molecule has 3 aromatic rings. The van der Waals surface area contributed by atoms with Gasteiger partial charge in [0.05, 0.1) is 19.3 Å². The van der Waals surface area contributed by atoms with E-state index in [1.54, 1.807) is 37.6 Å². The first-order valence-corrected chi connectivity index (χ1v) is 9.95. The summed E-state index contributed by atoms with van der Waals surface area (Å²) >= 11 is 0. The molecular weight excluding hydrogens is 396 g/mol. The molecule has 1 heterocycles. The number of benzene rings is 2. The number of carbonyl (C=O) groups excluding carboxylic acids is 2. The van der Waals surface area contributed by atoms with Gasteiger partial charge < -0.3 is 19.8 Å². The summed E-state index contributed by atoms with van der Waals surface area (Å²) in [4.78, 5) is 30.0. The molecule has 0 aliphatic carbocycles. The van der Waals surface area contributed by atoms with Gasteiger partial charge in [0.25, 0.3) is 0 Å². The van der Waals surface area contributed by atoms with Crippen LogP contribution in [-0.2, 0) is 16.1 Å². The second kappa shape index (κ2) is 10.4. The van der Waals surface area contributed by atoms with Crippen LogP contribution in [0.5, 0.6) is 5.75 Å². The van der Waals surface area contributed by atoms with Crippen LogP contribution < -0.4 is 15.4 Å². The second-order valence-corrected chi connectivity index (χ2v) is 6.98. The summed E-state index contributed by atoms with van der Waals surface area (Å²) in [6.45, 7) is 4.82. The van der Waals surface area contributed by atoms with E-state index in [4.69, 9.17) is 9.15 Å². The van der Waals surface area contributed by atoms with Gasteiger partial charge in [-0.1, -0.05) is 6.92 Å². The van der Waals surface area contributed by atoms with Crippen LogP contribution in [-0.4, -0.2) is 41.9 Å². The predicted octanol–water partition coefficient (Wildman–Crippen LogP) is 3.77. The van der Waals surface area contributed by atoms with E-state index in [-0.39, 0.29) is 18.4 Å².